The molecule has 1 aromatic heterocycles. The molecule has 3 nitrogen and oxygen atoms in total. The van der Waals surface area contributed by atoms with Crippen LogP contribution in [0.4, 0.5) is 0 Å². The van der Waals surface area contributed by atoms with Crippen LogP contribution in [0.5, 0.6) is 0 Å². The molecule has 1 N–H and O–H groups in total. The Morgan fingerprint density at radius 3 is 2.79 bits per heavy atom. The summed E-state index contributed by atoms with van der Waals surface area (Å²) in [6.45, 7) is 4.25. The van der Waals surface area contributed by atoms with Gasteiger partial charge in [0.2, 0.25) is 0 Å². The predicted octanol–water partition coefficient (Wildman–Crippen LogP) is 3.57. The van der Waals surface area contributed by atoms with Gasteiger partial charge in [-0.1, -0.05) is 24.3 Å². The topological polar surface area (TPSA) is 42.1 Å². The van der Waals surface area contributed by atoms with Crippen molar-refractivity contribution in [3.63, 3.8) is 0 Å². The smallest absolute Gasteiger partial charge is 0.330 e. The first-order valence-electron chi connectivity index (χ1n) is 6.30. The highest BCUT2D eigenvalue weighted by Gasteiger charge is 2.03. The van der Waals surface area contributed by atoms with Gasteiger partial charge in [-0.2, -0.15) is 0 Å². The average molecular weight is 255 g/mol. The van der Waals surface area contributed by atoms with Crippen LogP contribution in [0.2, 0.25) is 0 Å². The fourth-order valence-corrected chi connectivity index (χ4v) is 1.89. The molecule has 0 aliphatic rings. The van der Waals surface area contributed by atoms with Crippen LogP contribution < -0.4 is 0 Å². The summed E-state index contributed by atoms with van der Waals surface area (Å²) in [6, 6.07) is 12.1. The maximum Gasteiger partial charge on any atom is 0.330 e. The zero-order valence-electron chi connectivity index (χ0n) is 11.1. The second-order valence-electron chi connectivity index (χ2n) is 4.23. The lowest BCUT2D eigenvalue weighted by Crippen LogP contribution is -1.98. The Morgan fingerprint density at radius 1 is 1.26 bits per heavy atom. The quantitative estimate of drug-likeness (QED) is 0.670. The predicted molar refractivity (Wildman–Crippen MR) is 76.6 cm³/mol. The van der Waals surface area contributed by atoms with E-state index in [1.165, 1.54) is 17.2 Å². The maximum atomic E-state index is 11.2. The molecule has 0 amide bonds. The fraction of sp³-hybridized carbons (Fsp3) is 0.188. The van der Waals surface area contributed by atoms with Gasteiger partial charge in [-0.15, -0.1) is 0 Å². The molecule has 0 unspecified atom stereocenters. The van der Waals surface area contributed by atoms with Crippen LogP contribution in [-0.2, 0) is 9.53 Å². The Bertz CT molecular complexity index is 596. The summed E-state index contributed by atoms with van der Waals surface area (Å²) < 4.78 is 4.83. The van der Waals surface area contributed by atoms with Gasteiger partial charge in [0.15, 0.2) is 0 Å². The van der Waals surface area contributed by atoms with Crippen molar-refractivity contribution < 1.29 is 9.53 Å². The van der Waals surface area contributed by atoms with Crippen molar-refractivity contribution in [2.75, 3.05) is 6.61 Å². The molecule has 98 valence electrons. The zero-order chi connectivity index (χ0) is 13.7. The molecule has 0 aliphatic carbocycles. The van der Waals surface area contributed by atoms with Crippen LogP contribution in [0.1, 0.15) is 18.2 Å². The number of carbonyl (C=O) groups excluding carboxylic acids is 1. The third-order valence-corrected chi connectivity index (χ3v) is 2.83. The molecule has 0 radical (unpaired) electrons. The Hall–Kier alpha value is -2.29. The van der Waals surface area contributed by atoms with Crippen LogP contribution in [0, 0.1) is 6.92 Å². The third-order valence-electron chi connectivity index (χ3n) is 2.83. The highest BCUT2D eigenvalue weighted by Crippen LogP contribution is 2.22. The van der Waals surface area contributed by atoms with Gasteiger partial charge in [0.1, 0.15) is 0 Å². The molecular formula is C16H17NO2. The van der Waals surface area contributed by atoms with Gasteiger partial charge in [0, 0.05) is 23.0 Å². The summed E-state index contributed by atoms with van der Waals surface area (Å²) in [5.74, 6) is -0.324. The molecular weight excluding hydrogens is 238 g/mol. The number of esters is 1. The van der Waals surface area contributed by atoms with Gasteiger partial charge in [0.25, 0.3) is 0 Å². The second-order valence-corrected chi connectivity index (χ2v) is 4.23. The zero-order valence-corrected chi connectivity index (χ0v) is 11.1. The van der Waals surface area contributed by atoms with Crippen LogP contribution in [-0.4, -0.2) is 17.6 Å². The van der Waals surface area contributed by atoms with E-state index in [9.17, 15) is 4.79 Å². The first kappa shape index (κ1) is 13.1. The highest BCUT2D eigenvalue weighted by atomic mass is 16.5. The monoisotopic (exact) mass is 255 g/mol. The average Bonchev–Trinajstić information content (AvgIpc) is 2.86. The van der Waals surface area contributed by atoms with Crippen molar-refractivity contribution in [3.05, 3.63) is 53.7 Å². The summed E-state index contributed by atoms with van der Waals surface area (Å²) >= 11 is 0. The first-order valence-corrected chi connectivity index (χ1v) is 6.30. The van der Waals surface area contributed by atoms with Gasteiger partial charge in [0.05, 0.1) is 6.61 Å². The third kappa shape index (κ3) is 3.35. The Balaban J connectivity index is 2.16. The fourth-order valence-electron chi connectivity index (χ4n) is 1.89. The number of carbonyl (C=O) groups is 1. The van der Waals surface area contributed by atoms with E-state index < -0.39 is 0 Å². The normalized spacial score (nSPS) is 10.8. The number of nitrogens with one attached hydrogen (secondary N) is 1. The Labute approximate surface area is 112 Å². The number of hydrogen-bond acceptors (Lipinski definition) is 2. The summed E-state index contributed by atoms with van der Waals surface area (Å²) in [5.41, 5.74) is 4.30. The minimum Gasteiger partial charge on any atom is -0.463 e. The number of rotatable bonds is 4. The van der Waals surface area contributed by atoms with E-state index in [4.69, 9.17) is 4.74 Å². The molecule has 0 spiro atoms. The van der Waals surface area contributed by atoms with Gasteiger partial charge in [-0.3, -0.25) is 0 Å². The molecule has 3 heteroatoms. The summed E-state index contributed by atoms with van der Waals surface area (Å²) in [4.78, 5) is 14.5. The molecule has 19 heavy (non-hydrogen) atoms. The molecule has 2 aromatic rings. The maximum absolute atomic E-state index is 11.2. The minimum absolute atomic E-state index is 0.324. The largest absolute Gasteiger partial charge is 0.463 e. The molecule has 0 bridgehead atoms. The van der Waals surface area contributed by atoms with E-state index in [0.717, 1.165) is 11.4 Å². The lowest BCUT2D eigenvalue weighted by molar-refractivity contribution is -0.137. The standard InChI is InChI=1S/C16H17NO2/c1-3-19-16(18)11-9-13-8-10-15(17-13)14-7-5-4-6-12(14)2/h4-11,17H,3H2,1-2H3/b11-9+. The van der Waals surface area contributed by atoms with E-state index in [2.05, 4.69) is 24.0 Å². The van der Waals surface area contributed by atoms with Crippen LogP contribution in [0.3, 0.4) is 0 Å². The lowest BCUT2D eigenvalue weighted by atomic mass is 10.1. The molecule has 0 fully saturated rings. The molecule has 0 saturated carbocycles. The van der Waals surface area contributed by atoms with E-state index in [1.54, 1.807) is 13.0 Å². The van der Waals surface area contributed by atoms with Crippen molar-refractivity contribution in [3.8, 4) is 11.3 Å². The molecule has 1 aromatic carbocycles. The molecule has 0 saturated heterocycles. The summed E-state index contributed by atoms with van der Waals surface area (Å²) in [7, 11) is 0. The number of H-pyrrole nitrogens is 1. The number of aromatic amines is 1. The van der Waals surface area contributed by atoms with E-state index in [-0.39, 0.29) is 5.97 Å². The lowest BCUT2D eigenvalue weighted by Gasteiger charge is -2.02. The van der Waals surface area contributed by atoms with E-state index in [1.807, 2.05) is 24.3 Å². The van der Waals surface area contributed by atoms with Crippen LogP contribution in [0.25, 0.3) is 17.3 Å². The number of aromatic nitrogens is 1. The van der Waals surface area contributed by atoms with Crippen molar-refractivity contribution in [2.24, 2.45) is 0 Å². The van der Waals surface area contributed by atoms with Crippen LogP contribution >= 0.6 is 0 Å². The summed E-state index contributed by atoms with van der Waals surface area (Å²) in [5, 5.41) is 0. The molecule has 0 atom stereocenters. The van der Waals surface area contributed by atoms with Crippen molar-refractivity contribution in [1.82, 2.24) is 4.98 Å². The van der Waals surface area contributed by atoms with Crippen molar-refractivity contribution >= 4 is 12.0 Å². The van der Waals surface area contributed by atoms with Gasteiger partial charge >= 0.3 is 5.97 Å². The van der Waals surface area contributed by atoms with Crippen molar-refractivity contribution in [1.29, 1.82) is 0 Å². The number of hydrogen-bond donors (Lipinski definition) is 1. The van der Waals surface area contributed by atoms with Gasteiger partial charge in [-0.25, -0.2) is 4.79 Å². The number of aryl methyl sites for hydroxylation is 1. The van der Waals surface area contributed by atoms with E-state index >= 15 is 0 Å². The van der Waals surface area contributed by atoms with E-state index in [0.29, 0.717) is 6.61 Å². The number of ether oxygens (including phenoxy) is 1. The van der Waals surface area contributed by atoms with Crippen molar-refractivity contribution in [2.45, 2.75) is 13.8 Å². The number of benzene rings is 1. The minimum atomic E-state index is -0.324. The Morgan fingerprint density at radius 2 is 2.05 bits per heavy atom. The summed E-state index contributed by atoms with van der Waals surface area (Å²) in [6.07, 6.45) is 3.15. The first-order chi connectivity index (χ1) is 9.20. The second kappa shape index (κ2) is 6.05. The van der Waals surface area contributed by atoms with Crippen LogP contribution in [0.15, 0.2) is 42.5 Å². The SMILES string of the molecule is CCOC(=O)/C=C/c1ccc(-c2ccccc2C)[nH]1. The van der Waals surface area contributed by atoms with Gasteiger partial charge < -0.3 is 9.72 Å². The molecule has 1 heterocycles. The van der Waals surface area contributed by atoms with Gasteiger partial charge in [-0.05, 0) is 37.6 Å². The molecule has 2 rings (SSSR count). The molecule has 0 aliphatic heterocycles. The Kier molecular flexibility index (Phi) is 4.18. The highest BCUT2D eigenvalue weighted by molar-refractivity contribution is 5.86.